The van der Waals surface area contributed by atoms with Crippen molar-refractivity contribution in [3.05, 3.63) is 106 Å². The number of nitrogens with zero attached hydrogens (tertiary/aromatic N) is 1. The third-order valence-corrected chi connectivity index (χ3v) is 7.25. The van der Waals surface area contributed by atoms with Gasteiger partial charge >= 0.3 is 0 Å². The largest absolute Gasteiger partial charge is 0.390 e. The van der Waals surface area contributed by atoms with E-state index in [9.17, 15) is 23.5 Å². The molecule has 0 radical (unpaired) electrons. The number of methoxy groups -OCH3 is 2. The minimum absolute atomic E-state index is 0.0198. The fourth-order valence-corrected chi connectivity index (χ4v) is 4.92. The molecule has 0 aromatic heterocycles. The number of hydrogen-bond acceptors (Lipinski definition) is 6. The molecule has 10 heteroatoms. The molecule has 44 heavy (non-hydrogen) atoms. The summed E-state index contributed by atoms with van der Waals surface area (Å²) in [5.41, 5.74) is 3.77. The Labute approximate surface area is 258 Å². The molecule has 238 valence electrons. The highest BCUT2D eigenvalue weighted by atomic mass is 19.1. The molecule has 0 saturated heterocycles. The van der Waals surface area contributed by atoms with Crippen LogP contribution in [0.15, 0.2) is 60.7 Å². The maximum Gasteiger partial charge on any atom is 0.254 e. The number of ether oxygens (including phenoxy) is 2. The second kappa shape index (κ2) is 17.6. The summed E-state index contributed by atoms with van der Waals surface area (Å²) in [6.07, 6.45) is -0.211. The summed E-state index contributed by atoms with van der Waals surface area (Å²) in [6, 6.07) is 15.2. The van der Waals surface area contributed by atoms with Crippen molar-refractivity contribution in [1.29, 1.82) is 0 Å². The number of halogens is 2. The Kier molecular flexibility index (Phi) is 13.9. The normalized spacial score (nSPS) is 12.5. The lowest BCUT2D eigenvalue weighted by Gasteiger charge is -2.25. The van der Waals surface area contributed by atoms with Gasteiger partial charge in [-0.25, -0.2) is 8.78 Å². The fourth-order valence-electron chi connectivity index (χ4n) is 4.92. The molecule has 0 unspecified atom stereocenters. The minimum atomic E-state index is -1.09. The summed E-state index contributed by atoms with van der Waals surface area (Å²) in [5.74, 6) is -2.30. The van der Waals surface area contributed by atoms with Crippen LogP contribution in [0.4, 0.5) is 8.78 Å². The molecule has 0 aliphatic carbocycles. The first-order chi connectivity index (χ1) is 21.1. The number of carbonyl (C=O) groups excluding carboxylic acids is 2. The predicted molar refractivity (Wildman–Crippen MR) is 166 cm³/mol. The Balaban J connectivity index is 1.80. The van der Waals surface area contributed by atoms with Gasteiger partial charge in [0.25, 0.3) is 11.8 Å². The number of benzene rings is 3. The van der Waals surface area contributed by atoms with E-state index in [4.69, 9.17) is 9.47 Å². The van der Waals surface area contributed by atoms with Gasteiger partial charge in [-0.05, 0) is 72.4 Å². The van der Waals surface area contributed by atoms with Gasteiger partial charge in [0.1, 0.15) is 11.6 Å². The molecule has 8 nitrogen and oxygen atoms in total. The quantitative estimate of drug-likeness (QED) is 0.213. The topological polar surface area (TPSA) is 100 Å². The molecular formula is C34H43F2N3O5. The Morgan fingerprint density at radius 1 is 0.886 bits per heavy atom. The molecular weight excluding hydrogens is 568 g/mol. The van der Waals surface area contributed by atoms with Crippen molar-refractivity contribution in [3.63, 3.8) is 0 Å². The van der Waals surface area contributed by atoms with Gasteiger partial charge in [-0.1, -0.05) is 31.2 Å². The van der Waals surface area contributed by atoms with Gasteiger partial charge in [-0.15, -0.1) is 0 Å². The van der Waals surface area contributed by atoms with Crippen LogP contribution in [-0.2, 0) is 28.9 Å². The average Bonchev–Trinajstić information content (AvgIpc) is 2.99. The lowest BCUT2D eigenvalue weighted by atomic mass is 9.99. The second-order valence-corrected chi connectivity index (χ2v) is 10.8. The van der Waals surface area contributed by atoms with Crippen LogP contribution in [0.2, 0.25) is 0 Å². The van der Waals surface area contributed by atoms with Crippen LogP contribution in [0.25, 0.3) is 0 Å². The molecule has 0 bridgehead atoms. The van der Waals surface area contributed by atoms with E-state index in [1.165, 1.54) is 23.8 Å². The van der Waals surface area contributed by atoms with Gasteiger partial charge in [-0.2, -0.15) is 0 Å². The maximum atomic E-state index is 14.0. The molecule has 0 aliphatic rings. The van der Waals surface area contributed by atoms with Crippen molar-refractivity contribution in [2.45, 2.75) is 45.4 Å². The van der Waals surface area contributed by atoms with Crippen LogP contribution >= 0.6 is 0 Å². The molecule has 3 aromatic rings. The Hall–Kier alpha value is -3.70. The summed E-state index contributed by atoms with van der Waals surface area (Å²) in [4.78, 5) is 28.5. The zero-order valence-corrected chi connectivity index (χ0v) is 25.9. The van der Waals surface area contributed by atoms with Gasteiger partial charge in [0.2, 0.25) is 0 Å². The van der Waals surface area contributed by atoms with E-state index >= 15 is 0 Å². The molecule has 2 atom stereocenters. The molecule has 0 heterocycles. The van der Waals surface area contributed by atoms with E-state index in [0.717, 1.165) is 18.1 Å². The lowest BCUT2D eigenvalue weighted by molar-refractivity contribution is 0.0627. The van der Waals surface area contributed by atoms with E-state index in [1.54, 1.807) is 38.2 Å². The SMILES string of the molecule is CCc1cccc(CNC[C@@H](O)[C@H](Cc2cc(F)cc(F)c2)NC(=O)c2cc(C)cc(C(=O)N(CCOC)CCOC)c2)c1. The molecule has 0 saturated carbocycles. The van der Waals surface area contributed by atoms with Crippen LogP contribution < -0.4 is 10.6 Å². The van der Waals surface area contributed by atoms with Crippen molar-refractivity contribution < 1.29 is 33.0 Å². The van der Waals surface area contributed by atoms with Crippen LogP contribution in [0.1, 0.15) is 49.9 Å². The van der Waals surface area contributed by atoms with Crippen LogP contribution in [0, 0.1) is 18.6 Å². The Morgan fingerprint density at radius 2 is 1.52 bits per heavy atom. The molecule has 0 spiro atoms. The van der Waals surface area contributed by atoms with Crippen molar-refractivity contribution in [2.24, 2.45) is 0 Å². The Bertz CT molecular complexity index is 1360. The summed E-state index contributed by atoms with van der Waals surface area (Å²) >= 11 is 0. The van der Waals surface area contributed by atoms with Gasteiger partial charge < -0.3 is 30.1 Å². The number of carbonyl (C=O) groups is 2. The van der Waals surface area contributed by atoms with Gasteiger partial charge in [0.15, 0.2) is 0 Å². The first kappa shape index (κ1) is 34.8. The van der Waals surface area contributed by atoms with Crippen molar-refractivity contribution in [3.8, 4) is 0 Å². The number of aryl methyl sites for hydroxylation is 2. The van der Waals surface area contributed by atoms with E-state index in [0.29, 0.717) is 44.0 Å². The minimum Gasteiger partial charge on any atom is -0.390 e. The highest BCUT2D eigenvalue weighted by Crippen LogP contribution is 2.16. The van der Waals surface area contributed by atoms with Crippen LogP contribution in [0.5, 0.6) is 0 Å². The summed E-state index contributed by atoms with van der Waals surface area (Å²) < 4.78 is 38.3. The number of aliphatic hydroxyl groups is 1. The van der Waals surface area contributed by atoms with Crippen molar-refractivity contribution >= 4 is 11.8 Å². The second-order valence-electron chi connectivity index (χ2n) is 10.8. The van der Waals surface area contributed by atoms with Crippen molar-refractivity contribution in [1.82, 2.24) is 15.5 Å². The lowest BCUT2D eigenvalue weighted by Crippen LogP contribution is -2.48. The smallest absolute Gasteiger partial charge is 0.254 e. The molecule has 0 fully saturated rings. The zero-order valence-electron chi connectivity index (χ0n) is 25.9. The monoisotopic (exact) mass is 611 g/mol. The third-order valence-electron chi connectivity index (χ3n) is 7.25. The van der Waals surface area contributed by atoms with Gasteiger partial charge in [0.05, 0.1) is 25.4 Å². The van der Waals surface area contributed by atoms with Crippen molar-refractivity contribution in [2.75, 3.05) is 47.1 Å². The first-order valence-corrected chi connectivity index (χ1v) is 14.7. The van der Waals surface area contributed by atoms with Gasteiger partial charge in [-0.3, -0.25) is 9.59 Å². The Morgan fingerprint density at radius 3 is 2.16 bits per heavy atom. The van der Waals surface area contributed by atoms with Crippen LogP contribution in [0.3, 0.4) is 0 Å². The molecule has 3 rings (SSSR count). The molecule has 0 aliphatic heterocycles. The highest BCUT2D eigenvalue weighted by molar-refractivity contribution is 6.00. The van der Waals surface area contributed by atoms with E-state index in [-0.39, 0.29) is 30.0 Å². The predicted octanol–water partition coefficient (Wildman–Crippen LogP) is 4.06. The zero-order chi connectivity index (χ0) is 32.1. The molecule has 2 amide bonds. The summed E-state index contributed by atoms with van der Waals surface area (Å²) in [5, 5.41) is 17.2. The van der Waals surface area contributed by atoms with E-state index < -0.39 is 29.7 Å². The number of rotatable bonds is 17. The number of nitrogens with one attached hydrogen (secondary N) is 2. The maximum absolute atomic E-state index is 14.0. The highest BCUT2D eigenvalue weighted by Gasteiger charge is 2.24. The van der Waals surface area contributed by atoms with Crippen LogP contribution in [-0.4, -0.2) is 81.0 Å². The standard InChI is InChI=1S/C34H43F2N3O5/c1-5-24-7-6-8-25(15-24)21-37-22-32(40)31(18-26-16-29(35)20-30(36)17-26)38-33(41)27-13-23(2)14-28(19-27)34(42)39(9-11-43-3)10-12-44-4/h6-8,13-17,19-20,31-32,37,40H,5,9-12,18,21-22H2,1-4H3,(H,38,41)/t31-,32+/m0/s1. The first-order valence-electron chi connectivity index (χ1n) is 14.7. The third kappa shape index (κ3) is 10.8. The molecule has 3 aromatic carbocycles. The van der Waals surface area contributed by atoms with Gasteiger partial charge in [0, 0.05) is 57.6 Å². The van der Waals surface area contributed by atoms with E-state index in [1.807, 2.05) is 18.2 Å². The number of hydrogen-bond donors (Lipinski definition) is 3. The summed E-state index contributed by atoms with van der Waals surface area (Å²) in [7, 11) is 3.10. The number of aliphatic hydroxyl groups excluding tert-OH is 1. The average molecular weight is 612 g/mol. The molecule has 3 N–H and O–H groups in total. The van der Waals surface area contributed by atoms with E-state index in [2.05, 4.69) is 23.6 Å². The summed E-state index contributed by atoms with van der Waals surface area (Å²) in [6.45, 7) is 5.84. The fraction of sp³-hybridized carbons (Fsp3) is 0.412. The number of amides is 2.